The number of aryl methyl sites for hydroxylation is 2. The van der Waals surface area contributed by atoms with Crippen LogP contribution >= 0.6 is 24.0 Å². The lowest BCUT2D eigenvalue weighted by Gasteiger charge is -2.37. The average molecular weight is 524 g/mol. The minimum absolute atomic E-state index is 0. The highest BCUT2D eigenvalue weighted by atomic mass is 127. The van der Waals surface area contributed by atoms with E-state index in [1.165, 1.54) is 16.8 Å². The molecule has 1 saturated heterocycles. The van der Waals surface area contributed by atoms with Gasteiger partial charge in [-0.25, -0.2) is 4.99 Å². The molecule has 0 saturated carbocycles. The van der Waals surface area contributed by atoms with Gasteiger partial charge in [-0.05, 0) is 46.1 Å². The van der Waals surface area contributed by atoms with E-state index in [1.54, 1.807) is 0 Å². The van der Waals surface area contributed by atoms with Crippen molar-refractivity contribution in [3.63, 3.8) is 0 Å². The van der Waals surface area contributed by atoms with Gasteiger partial charge in [-0.2, -0.15) is 5.10 Å². The molecular formula is C23H37IN6. The summed E-state index contributed by atoms with van der Waals surface area (Å²) in [5, 5.41) is 11.6. The fraction of sp³-hybridized carbons (Fsp3) is 0.565. The number of halogens is 1. The molecular weight excluding hydrogens is 487 g/mol. The smallest absolute Gasteiger partial charge is 0.191 e. The summed E-state index contributed by atoms with van der Waals surface area (Å²) in [6, 6.07) is 11.7. The fourth-order valence-electron chi connectivity index (χ4n) is 4.09. The molecule has 1 atom stereocenters. The number of hydrogen-bond donors (Lipinski definition) is 2. The second-order valence-electron chi connectivity index (χ2n) is 8.01. The van der Waals surface area contributed by atoms with Crippen molar-refractivity contribution in [3.8, 4) is 0 Å². The number of likely N-dealkylation sites (tertiary alicyclic amines) is 1. The second kappa shape index (κ2) is 11.7. The van der Waals surface area contributed by atoms with E-state index in [1.807, 2.05) is 11.7 Å². The third-order valence-electron chi connectivity index (χ3n) is 6.10. The number of rotatable bonds is 6. The largest absolute Gasteiger partial charge is 0.357 e. The van der Waals surface area contributed by atoms with Gasteiger partial charge in [0, 0.05) is 50.0 Å². The Bertz CT molecular complexity index is 809. The highest BCUT2D eigenvalue weighted by Gasteiger charge is 2.24. The number of nitrogens with zero attached hydrogens (tertiary/aromatic N) is 4. The van der Waals surface area contributed by atoms with Crippen molar-refractivity contribution < 1.29 is 0 Å². The van der Waals surface area contributed by atoms with E-state index in [0.29, 0.717) is 18.6 Å². The number of nitrogens with one attached hydrogen (secondary N) is 2. The van der Waals surface area contributed by atoms with Crippen LogP contribution in [0.15, 0.2) is 35.3 Å². The molecule has 0 radical (unpaired) electrons. The number of aliphatic imine (C=N–C) groups is 1. The first-order valence-electron chi connectivity index (χ1n) is 10.8. The van der Waals surface area contributed by atoms with Gasteiger partial charge in [0.1, 0.15) is 0 Å². The van der Waals surface area contributed by atoms with E-state index >= 15 is 0 Å². The van der Waals surface area contributed by atoms with Crippen LogP contribution < -0.4 is 10.6 Å². The van der Waals surface area contributed by atoms with Gasteiger partial charge in [-0.1, -0.05) is 30.3 Å². The summed E-state index contributed by atoms with van der Waals surface area (Å²) >= 11 is 0. The first-order valence-corrected chi connectivity index (χ1v) is 10.8. The molecule has 7 heteroatoms. The molecule has 3 rings (SSSR count). The number of piperidine rings is 1. The van der Waals surface area contributed by atoms with Crippen LogP contribution in [0.5, 0.6) is 0 Å². The number of hydrogen-bond acceptors (Lipinski definition) is 3. The fourth-order valence-corrected chi connectivity index (χ4v) is 4.09. The average Bonchev–Trinajstić information content (AvgIpc) is 2.98. The molecule has 1 unspecified atom stereocenters. The second-order valence-corrected chi connectivity index (χ2v) is 8.01. The summed E-state index contributed by atoms with van der Waals surface area (Å²) < 4.78 is 1.93. The molecule has 1 aliphatic rings. The van der Waals surface area contributed by atoms with Crippen LogP contribution in [0, 0.1) is 13.8 Å². The Labute approximate surface area is 198 Å². The Morgan fingerprint density at radius 1 is 1.20 bits per heavy atom. The molecule has 1 aromatic heterocycles. The third-order valence-corrected chi connectivity index (χ3v) is 6.10. The molecule has 30 heavy (non-hydrogen) atoms. The van der Waals surface area contributed by atoms with Crippen molar-refractivity contribution in [3.05, 3.63) is 52.8 Å². The topological polar surface area (TPSA) is 57.5 Å². The Balaban J connectivity index is 0.00000320. The van der Waals surface area contributed by atoms with Gasteiger partial charge in [-0.3, -0.25) is 9.58 Å². The lowest BCUT2D eigenvalue weighted by Crippen LogP contribution is -2.49. The summed E-state index contributed by atoms with van der Waals surface area (Å²) in [7, 11) is 1.99. The highest BCUT2D eigenvalue weighted by Crippen LogP contribution is 2.24. The number of benzene rings is 1. The van der Waals surface area contributed by atoms with Crippen LogP contribution in [0.3, 0.4) is 0 Å². The van der Waals surface area contributed by atoms with Gasteiger partial charge in [0.25, 0.3) is 0 Å². The lowest BCUT2D eigenvalue weighted by atomic mass is 10.0. The van der Waals surface area contributed by atoms with Gasteiger partial charge in [0.05, 0.1) is 12.2 Å². The summed E-state index contributed by atoms with van der Waals surface area (Å²) in [5.74, 6) is 0.907. The Kier molecular flexibility index (Phi) is 9.61. The molecule has 2 heterocycles. The summed E-state index contributed by atoms with van der Waals surface area (Å²) in [5.41, 5.74) is 4.87. The predicted molar refractivity (Wildman–Crippen MR) is 136 cm³/mol. The van der Waals surface area contributed by atoms with Crippen LogP contribution in [0.1, 0.15) is 55.2 Å². The zero-order valence-electron chi connectivity index (χ0n) is 19.0. The van der Waals surface area contributed by atoms with Crippen molar-refractivity contribution >= 4 is 29.9 Å². The molecule has 0 amide bonds. The predicted octanol–water partition coefficient (Wildman–Crippen LogP) is 3.94. The Hall–Kier alpha value is -1.61. The quantitative estimate of drug-likeness (QED) is 0.342. The molecule has 166 valence electrons. The molecule has 2 N–H and O–H groups in total. The van der Waals surface area contributed by atoms with Crippen molar-refractivity contribution in [2.45, 2.75) is 59.2 Å². The van der Waals surface area contributed by atoms with E-state index in [9.17, 15) is 0 Å². The van der Waals surface area contributed by atoms with Crippen molar-refractivity contribution in [1.82, 2.24) is 25.3 Å². The van der Waals surface area contributed by atoms with Gasteiger partial charge >= 0.3 is 0 Å². The standard InChI is InChI=1S/C23H36N6.HI/c1-6-24-23(25-16-22-17(2)27-28(5)19(22)4)26-21-12-14-29(15-13-21)18(3)20-10-8-7-9-11-20;/h7-11,18,21H,6,12-16H2,1-5H3,(H2,24,25,26);1H. The van der Waals surface area contributed by atoms with Crippen LogP contribution in [0.25, 0.3) is 0 Å². The molecule has 1 aromatic carbocycles. The minimum atomic E-state index is 0. The summed E-state index contributed by atoms with van der Waals surface area (Å²) in [6.07, 6.45) is 2.26. The van der Waals surface area contributed by atoms with Crippen molar-refractivity contribution in [2.24, 2.45) is 12.0 Å². The van der Waals surface area contributed by atoms with Crippen LogP contribution in [0.2, 0.25) is 0 Å². The van der Waals surface area contributed by atoms with Gasteiger partial charge in [-0.15, -0.1) is 24.0 Å². The first kappa shape index (κ1) is 24.7. The molecule has 0 bridgehead atoms. The number of aromatic nitrogens is 2. The lowest BCUT2D eigenvalue weighted by molar-refractivity contribution is 0.158. The van der Waals surface area contributed by atoms with Gasteiger partial charge < -0.3 is 10.6 Å². The maximum Gasteiger partial charge on any atom is 0.191 e. The summed E-state index contributed by atoms with van der Waals surface area (Å²) in [6.45, 7) is 12.3. The van der Waals surface area contributed by atoms with Crippen LogP contribution in [-0.2, 0) is 13.6 Å². The third kappa shape index (κ3) is 6.20. The molecule has 0 aliphatic carbocycles. The first-order chi connectivity index (χ1) is 14.0. The monoisotopic (exact) mass is 524 g/mol. The van der Waals surface area contributed by atoms with Crippen molar-refractivity contribution in [2.75, 3.05) is 19.6 Å². The Morgan fingerprint density at radius 2 is 1.87 bits per heavy atom. The number of guanidine groups is 1. The van der Waals surface area contributed by atoms with E-state index in [4.69, 9.17) is 4.99 Å². The zero-order valence-corrected chi connectivity index (χ0v) is 21.3. The SMILES string of the molecule is CCNC(=NCc1c(C)nn(C)c1C)NC1CCN(C(C)c2ccccc2)CC1.I. The molecule has 2 aromatic rings. The zero-order chi connectivity index (χ0) is 20.8. The van der Waals surface area contributed by atoms with Crippen LogP contribution in [0.4, 0.5) is 0 Å². The van der Waals surface area contributed by atoms with E-state index in [2.05, 4.69) is 78.7 Å². The normalized spacial score (nSPS) is 16.8. The van der Waals surface area contributed by atoms with E-state index in [0.717, 1.165) is 44.1 Å². The maximum absolute atomic E-state index is 4.84. The molecule has 1 aliphatic heterocycles. The highest BCUT2D eigenvalue weighted by molar-refractivity contribution is 14.0. The molecule has 6 nitrogen and oxygen atoms in total. The summed E-state index contributed by atoms with van der Waals surface area (Å²) in [4.78, 5) is 7.43. The maximum atomic E-state index is 4.84. The minimum Gasteiger partial charge on any atom is -0.357 e. The molecule has 0 spiro atoms. The Morgan fingerprint density at radius 3 is 2.43 bits per heavy atom. The van der Waals surface area contributed by atoms with Crippen LogP contribution in [-0.4, -0.2) is 46.3 Å². The van der Waals surface area contributed by atoms with Gasteiger partial charge in [0.15, 0.2) is 5.96 Å². The molecule has 1 fully saturated rings. The van der Waals surface area contributed by atoms with Crippen molar-refractivity contribution in [1.29, 1.82) is 0 Å². The van der Waals surface area contributed by atoms with E-state index in [-0.39, 0.29) is 24.0 Å². The van der Waals surface area contributed by atoms with E-state index < -0.39 is 0 Å². The van der Waals surface area contributed by atoms with Gasteiger partial charge in [0.2, 0.25) is 0 Å².